The van der Waals surface area contributed by atoms with Crippen LogP contribution in [0.5, 0.6) is 0 Å². The Kier molecular flexibility index (Phi) is 4.83. The number of anilines is 2. The summed E-state index contributed by atoms with van der Waals surface area (Å²) in [4.78, 5) is 15.2. The van der Waals surface area contributed by atoms with Crippen LogP contribution in [0, 0.1) is 0 Å². The second-order valence-corrected chi connectivity index (χ2v) is 7.08. The lowest BCUT2D eigenvalue weighted by Gasteiger charge is -2.27. The van der Waals surface area contributed by atoms with E-state index in [2.05, 4.69) is 49.4 Å². The van der Waals surface area contributed by atoms with Crippen molar-refractivity contribution in [2.45, 2.75) is 6.54 Å². The molecule has 1 N–H and O–H groups in total. The molecular weight excluding hydrogens is 332 g/mol. The third-order valence-electron chi connectivity index (χ3n) is 4.20. The second-order valence-electron chi connectivity index (χ2n) is 5.85. The third kappa shape index (κ3) is 3.93. The van der Waals surface area contributed by atoms with Crippen molar-refractivity contribution in [1.29, 1.82) is 0 Å². The van der Waals surface area contributed by atoms with Crippen LogP contribution >= 0.6 is 11.8 Å². The minimum absolute atomic E-state index is 0.733. The topological polar surface area (TPSA) is 58.9 Å². The highest BCUT2D eigenvalue weighted by Gasteiger charge is 2.12. The van der Waals surface area contributed by atoms with Gasteiger partial charge in [-0.05, 0) is 17.7 Å². The van der Waals surface area contributed by atoms with Crippen LogP contribution in [0.3, 0.4) is 0 Å². The molecule has 0 amide bonds. The summed E-state index contributed by atoms with van der Waals surface area (Å²) in [5.41, 5.74) is 2.31. The van der Waals surface area contributed by atoms with Crippen LogP contribution in [0.15, 0.2) is 55.4 Å². The Morgan fingerprint density at radius 2 is 1.92 bits per heavy atom. The van der Waals surface area contributed by atoms with Gasteiger partial charge in [0, 0.05) is 55.3 Å². The van der Waals surface area contributed by atoms with E-state index >= 15 is 0 Å². The smallest absolute Gasteiger partial charge is 0.134 e. The van der Waals surface area contributed by atoms with Crippen molar-refractivity contribution in [2.24, 2.45) is 0 Å². The quantitative estimate of drug-likeness (QED) is 0.762. The highest BCUT2D eigenvalue weighted by atomic mass is 32.2. The number of rotatable bonds is 5. The van der Waals surface area contributed by atoms with Gasteiger partial charge in [0.1, 0.15) is 18.0 Å². The molecule has 0 unspecified atom stereocenters. The van der Waals surface area contributed by atoms with Crippen LogP contribution in [-0.4, -0.2) is 44.1 Å². The Morgan fingerprint density at radius 3 is 2.68 bits per heavy atom. The molecule has 1 aliphatic rings. The normalized spacial score (nSPS) is 14.5. The zero-order valence-electron chi connectivity index (χ0n) is 13.9. The van der Waals surface area contributed by atoms with Gasteiger partial charge in [0.2, 0.25) is 0 Å². The Morgan fingerprint density at radius 1 is 1.08 bits per heavy atom. The highest BCUT2D eigenvalue weighted by Crippen LogP contribution is 2.19. The Balaban J connectivity index is 1.39. The zero-order valence-corrected chi connectivity index (χ0v) is 14.7. The summed E-state index contributed by atoms with van der Waals surface area (Å²) < 4.78 is 1.99. The van der Waals surface area contributed by atoms with Gasteiger partial charge >= 0.3 is 0 Å². The van der Waals surface area contributed by atoms with E-state index in [9.17, 15) is 0 Å². The maximum Gasteiger partial charge on any atom is 0.134 e. The number of aromatic nitrogens is 4. The molecule has 0 atom stereocenters. The SMILES string of the molecule is c1cn(-c2ccc(CNc3cc(N4CCSCC4)ncn3)cc2)cn1. The Bertz CT molecular complexity index is 797. The van der Waals surface area contributed by atoms with Crippen molar-refractivity contribution in [2.75, 3.05) is 34.8 Å². The number of hydrogen-bond donors (Lipinski definition) is 1. The summed E-state index contributed by atoms with van der Waals surface area (Å²) >= 11 is 2.00. The van der Waals surface area contributed by atoms with Gasteiger partial charge < -0.3 is 14.8 Å². The lowest BCUT2D eigenvalue weighted by Crippen LogP contribution is -2.33. The van der Waals surface area contributed by atoms with Crippen molar-refractivity contribution in [3.05, 3.63) is 60.9 Å². The van der Waals surface area contributed by atoms with Crippen molar-refractivity contribution >= 4 is 23.4 Å². The molecule has 4 rings (SSSR count). The predicted octanol–water partition coefficient (Wildman–Crippen LogP) is 2.83. The lowest BCUT2D eigenvalue weighted by atomic mass is 10.2. The van der Waals surface area contributed by atoms with Gasteiger partial charge in [-0.1, -0.05) is 12.1 Å². The number of hydrogen-bond acceptors (Lipinski definition) is 6. The monoisotopic (exact) mass is 352 g/mol. The summed E-state index contributed by atoms with van der Waals surface area (Å²) in [5, 5.41) is 3.39. The molecule has 0 saturated carbocycles. The number of thioether (sulfide) groups is 1. The first-order valence-corrected chi connectivity index (χ1v) is 9.50. The van der Waals surface area contributed by atoms with Crippen LogP contribution in [0.2, 0.25) is 0 Å². The largest absolute Gasteiger partial charge is 0.366 e. The minimum Gasteiger partial charge on any atom is -0.366 e. The van der Waals surface area contributed by atoms with Crippen molar-refractivity contribution in [3.63, 3.8) is 0 Å². The molecule has 1 aromatic carbocycles. The van der Waals surface area contributed by atoms with Crippen LogP contribution in [0.4, 0.5) is 11.6 Å². The molecule has 0 radical (unpaired) electrons. The van der Waals surface area contributed by atoms with Crippen molar-refractivity contribution in [1.82, 2.24) is 19.5 Å². The van der Waals surface area contributed by atoms with E-state index in [-0.39, 0.29) is 0 Å². The van der Waals surface area contributed by atoms with E-state index in [4.69, 9.17) is 0 Å². The molecule has 128 valence electrons. The first-order valence-electron chi connectivity index (χ1n) is 8.34. The summed E-state index contributed by atoms with van der Waals surface area (Å²) in [7, 11) is 0. The van der Waals surface area contributed by atoms with Crippen molar-refractivity contribution < 1.29 is 0 Å². The standard InChI is InChI=1S/C18H20N6S/c1-3-16(24-6-5-19-14-24)4-2-15(1)12-20-17-11-18(22-13-21-17)23-7-9-25-10-8-23/h1-6,11,13-14H,7-10,12H2,(H,20,21,22). The molecule has 7 heteroatoms. The number of nitrogens with zero attached hydrogens (tertiary/aromatic N) is 5. The average Bonchev–Trinajstić information content (AvgIpc) is 3.23. The fraction of sp³-hybridized carbons (Fsp3) is 0.278. The van der Waals surface area contributed by atoms with Crippen LogP contribution in [-0.2, 0) is 6.54 Å². The van der Waals surface area contributed by atoms with Gasteiger partial charge in [-0.15, -0.1) is 0 Å². The van der Waals surface area contributed by atoms with Crippen LogP contribution in [0.25, 0.3) is 5.69 Å². The van der Waals surface area contributed by atoms with Crippen molar-refractivity contribution in [3.8, 4) is 5.69 Å². The molecule has 1 fully saturated rings. The highest BCUT2D eigenvalue weighted by molar-refractivity contribution is 7.99. The minimum atomic E-state index is 0.733. The fourth-order valence-electron chi connectivity index (χ4n) is 2.80. The van der Waals surface area contributed by atoms with E-state index in [1.807, 2.05) is 28.6 Å². The zero-order chi connectivity index (χ0) is 16.9. The van der Waals surface area contributed by atoms with Gasteiger partial charge in [0.05, 0.1) is 6.33 Å². The number of imidazole rings is 1. The van der Waals surface area contributed by atoms with E-state index in [1.165, 1.54) is 5.56 Å². The third-order valence-corrected chi connectivity index (χ3v) is 5.14. The molecule has 0 bridgehead atoms. The van der Waals surface area contributed by atoms with Gasteiger partial charge in [-0.3, -0.25) is 0 Å². The molecule has 3 heterocycles. The van der Waals surface area contributed by atoms with Gasteiger partial charge in [-0.25, -0.2) is 15.0 Å². The van der Waals surface area contributed by atoms with E-state index in [0.717, 1.165) is 48.5 Å². The first kappa shape index (κ1) is 16.0. The summed E-state index contributed by atoms with van der Waals surface area (Å²) in [6.45, 7) is 2.84. The molecule has 6 nitrogen and oxygen atoms in total. The number of benzene rings is 1. The molecule has 1 aliphatic heterocycles. The van der Waals surface area contributed by atoms with E-state index in [1.54, 1.807) is 18.9 Å². The molecule has 0 aliphatic carbocycles. The van der Waals surface area contributed by atoms with E-state index < -0.39 is 0 Å². The molecule has 2 aromatic heterocycles. The molecular formula is C18H20N6S. The van der Waals surface area contributed by atoms with Gasteiger partial charge in [0.15, 0.2) is 0 Å². The maximum atomic E-state index is 4.42. The fourth-order valence-corrected chi connectivity index (χ4v) is 3.70. The molecule has 0 spiro atoms. The van der Waals surface area contributed by atoms with Crippen LogP contribution < -0.4 is 10.2 Å². The van der Waals surface area contributed by atoms with Crippen LogP contribution in [0.1, 0.15) is 5.56 Å². The summed E-state index contributed by atoms with van der Waals surface area (Å²) in [6, 6.07) is 10.5. The first-order chi connectivity index (χ1) is 12.4. The molecule has 25 heavy (non-hydrogen) atoms. The summed E-state index contributed by atoms with van der Waals surface area (Å²) in [6.07, 6.45) is 7.16. The Labute approximate surface area is 151 Å². The second kappa shape index (κ2) is 7.57. The predicted molar refractivity (Wildman–Crippen MR) is 102 cm³/mol. The van der Waals surface area contributed by atoms with Gasteiger partial charge in [0.25, 0.3) is 0 Å². The average molecular weight is 352 g/mol. The van der Waals surface area contributed by atoms with Gasteiger partial charge in [-0.2, -0.15) is 11.8 Å². The Hall–Kier alpha value is -2.54. The molecule has 3 aromatic rings. The maximum absolute atomic E-state index is 4.42. The lowest BCUT2D eigenvalue weighted by molar-refractivity contribution is 0.835. The van der Waals surface area contributed by atoms with E-state index in [0.29, 0.717) is 0 Å². The molecule has 1 saturated heterocycles. The number of nitrogens with one attached hydrogen (secondary N) is 1. The summed E-state index contributed by atoms with van der Waals surface area (Å²) in [5.74, 6) is 4.20.